The Bertz CT molecular complexity index is 492. The summed E-state index contributed by atoms with van der Waals surface area (Å²) < 4.78 is 2.11. The Morgan fingerprint density at radius 1 is 1.42 bits per heavy atom. The van der Waals surface area contributed by atoms with Gasteiger partial charge in [-0.3, -0.25) is 4.40 Å². The van der Waals surface area contributed by atoms with E-state index in [2.05, 4.69) is 67.2 Å². The zero-order valence-electron chi connectivity index (χ0n) is 12.6. The first-order valence-electron chi connectivity index (χ1n) is 6.98. The third-order valence-corrected chi connectivity index (χ3v) is 4.89. The number of aromatic nitrogens is 2. The Morgan fingerprint density at radius 2 is 2.16 bits per heavy atom. The third kappa shape index (κ3) is 3.57. The molecule has 0 radical (unpaired) electrons. The minimum Gasteiger partial charge on any atom is -0.317 e. The van der Waals surface area contributed by atoms with Crippen LogP contribution in [-0.4, -0.2) is 22.5 Å². The summed E-state index contributed by atoms with van der Waals surface area (Å²) in [6, 6.07) is 0.499. The number of thiazole rings is 1. The number of imidazole rings is 1. The minimum atomic E-state index is 0.365. The maximum atomic E-state index is 4.67. The normalized spacial score (nSPS) is 15.8. The quantitative estimate of drug-likeness (QED) is 0.906. The zero-order chi connectivity index (χ0) is 14.0. The summed E-state index contributed by atoms with van der Waals surface area (Å²) in [6.07, 6.45) is 6.41. The fraction of sp³-hybridized carbons (Fsp3) is 0.667. The standard InChI is InChI=1S/C15H25N3S/c1-11(15(2,3)4)8-12(16-5)9-13-10-18-6-7-19-14(18)17-13/h6-7,10-12,16H,8-9H2,1-5H3. The van der Waals surface area contributed by atoms with Gasteiger partial charge in [-0.15, -0.1) is 11.3 Å². The van der Waals surface area contributed by atoms with Crippen LogP contribution in [0.25, 0.3) is 4.96 Å². The van der Waals surface area contributed by atoms with Crippen LogP contribution in [0.1, 0.15) is 39.8 Å². The Kier molecular flexibility index (Phi) is 4.31. The molecule has 19 heavy (non-hydrogen) atoms. The van der Waals surface area contributed by atoms with Crippen molar-refractivity contribution in [2.24, 2.45) is 11.3 Å². The number of likely N-dealkylation sites (N-methyl/N-ethyl adjacent to an activating group) is 1. The summed E-state index contributed by atoms with van der Waals surface area (Å²) in [5, 5.41) is 5.52. The summed E-state index contributed by atoms with van der Waals surface area (Å²) in [6.45, 7) is 9.29. The highest BCUT2D eigenvalue weighted by Gasteiger charge is 2.23. The number of fused-ring (bicyclic) bond motifs is 1. The van der Waals surface area contributed by atoms with Gasteiger partial charge in [0.2, 0.25) is 0 Å². The molecule has 2 aromatic heterocycles. The number of hydrogen-bond acceptors (Lipinski definition) is 3. The van der Waals surface area contributed by atoms with Crippen LogP contribution in [0, 0.1) is 11.3 Å². The molecule has 0 saturated carbocycles. The van der Waals surface area contributed by atoms with E-state index in [4.69, 9.17) is 0 Å². The molecule has 1 N–H and O–H groups in total. The van der Waals surface area contributed by atoms with Gasteiger partial charge in [0.05, 0.1) is 5.69 Å². The van der Waals surface area contributed by atoms with Crippen molar-refractivity contribution >= 4 is 16.3 Å². The molecule has 4 heteroatoms. The minimum absolute atomic E-state index is 0.365. The average Bonchev–Trinajstić information content (AvgIpc) is 2.86. The van der Waals surface area contributed by atoms with E-state index in [-0.39, 0.29) is 0 Å². The maximum absolute atomic E-state index is 4.67. The van der Waals surface area contributed by atoms with E-state index in [0.29, 0.717) is 17.4 Å². The molecular formula is C15H25N3S. The lowest BCUT2D eigenvalue weighted by Gasteiger charge is -2.30. The molecule has 106 valence electrons. The molecule has 2 heterocycles. The first-order chi connectivity index (χ1) is 8.90. The molecule has 2 aromatic rings. The first kappa shape index (κ1) is 14.5. The molecule has 0 aliphatic heterocycles. The van der Waals surface area contributed by atoms with Crippen molar-refractivity contribution in [2.45, 2.75) is 46.6 Å². The highest BCUT2D eigenvalue weighted by Crippen LogP contribution is 2.29. The molecule has 0 fully saturated rings. The second-order valence-electron chi connectivity index (χ2n) is 6.52. The molecule has 0 aromatic carbocycles. The topological polar surface area (TPSA) is 29.3 Å². The highest BCUT2D eigenvalue weighted by atomic mass is 32.1. The molecule has 0 bridgehead atoms. The predicted octanol–water partition coefficient (Wildman–Crippen LogP) is 3.60. The van der Waals surface area contributed by atoms with Crippen LogP contribution in [0.15, 0.2) is 17.8 Å². The van der Waals surface area contributed by atoms with Gasteiger partial charge >= 0.3 is 0 Å². The van der Waals surface area contributed by atoms with E-state index < -0.39 is 0 Å². The van der Waals surface area contributed by atoms with Crippen molar-refractivity contribution in [3.05, 3.63) is 23.5 Å². The van der Waals surface area contributed by atoms with Crippen LogP contribution in [0.3, 0.4) is 0 Å². The van der Waals surface area contributed by atoms with Crippen molar-refractivity contribution in [2.75, 3.05) is 7.05 Å². The summed E-state index contributed by atoms with van der Waals surface area (Å²) in [7, 11) is 2.05. The SMILES string of the molecule is CNC(Cc1cn2ccsc2n1)CC(C)C(C)(C)C. The van der Waals surface area contributed by atoms with Gasteiger partial charge in [0.15, 0.2) is 4.96 Å². The summed E-state index contributed by atoms with van der Waals surface area (Å²) >= 11 is 1.69. The van der Waals surface area contributed by atoms with E-state index in [1.165, 1.54) is 12.1 Å². The van der Waals surface area contributed by atoms with Crippen LogP contribution in [0.5, 0.6) is 0 Å². The van der Waals surface area contributed by atoms with E-state index in [1.807, 2.05) is 0 Å². The van der Waals surface area contributed by atoms with Gasteiger partial charge in [0, 0.05) is 30.2 Å². The Morgan fingerprint density at radius 3 is 2.74 bits per heavy atom. The van der Waals surface area contributed by atoms with Crippen molar-refractivity contribution in [3.8, 4) is 0 Å². The smallest absolute Gasteiger partial charge is 0.193 e. The van der Waals surface area contributed by atoms with Crippen molar-refractivity contribution in [1.29, 1.82) is 0 Å². The molecule has 0 saturated heterocycles. The molecular weight excluding hydrogens is 254 g/mol. The van der Waals surface area contributed by atoms with Gasteiger partial charge in [0.1, 0.15) is 0 Å². The van der Waals surface area contributed by atoms with Crippen molar-refractivity contribution < 1.29 is 0 Å². The van der Waals surface area contributed by atoms with E-state index >= 15 is 0 Å². The fourth-order valence-corrected chi connectivity index (χ4v) is 2.93. The Hall–Kier alpha value is -0.870. The van der Waals surface area contributed by atoms with E-state index in [1.54, 1.807) is 11.3 Å². The second kappa shape index (κ2) is 5.63. The van der Waals surface area contributed by atoms with Gasteiger partial charge in [-0.05, 0) is 24.8 Å². The number of nitrogens with one attached hydrogen (secondary N) is 1. The largest absolute Gasteiger partial charge is 0.317 e. The Labute approximate surface area is 120 Å². The molecule has 0 spiro atoms. The van der Waals surface area contributed by atoms with Gasteiger partial charge < -0.3 is 5.32 Å². The van der Waals surface area contributed by atoms with Gasteiger partial charge in [-0.1, -0.05) is 27.7 Å². The number of hydrogen-bond donors (Lipinski definition) is 1. The lowest BCUT2D eigenvalue weighted by Crippen LogP contribution is -2.33. The zero-order valence-corrected chi connectivity index (χ0v) is 13.4. The van der Waals surface area contributed by atoms with Crippen molar-refractivity contribution in [3.63, 3.8) is 0 Å². The second-order valence-corrected chi connectivity index (χ2v) is 7.39. The molecule has 2 unspecified atom stereocenters. The van der Waals surface area contributed by atoms with Gasteiger partial charge in [-0.25, -0.2) is 4.98 Å². The maximum Gasteiger partial charge on any atom is 0.193 e. The van der Waals surface area contributed by atoms with Crippen LogP contribution < -0.4 is 5.32 Å². The van der Waals surface area contributed by atoms with Gasteiger partial charge in [-0.2, -0.15) is 0 Å². The van der Waals surface area contributed by atoms with Crippen molar-refractivity contribution in [1.82, 2.24) is 14.7 Å². The molecule has 0 aliphatic carbocycles. The van der Waals surface area contributed by atoms with Gasteiger partial charge in [0.25, 0.3) is 0 Å². The van der Waals surface area contributed by atoms with E-state index in [0.717, 1.165) is 11.4 Å². The summed E-state index contributed by atoms with van der Waals surface area (Å²) in [5.41, 5.74) is 1.55. The van der Waals surface area contributed by atoms with Crippen LogP contribution in [-0.2, 0) is 6.42 Å². The lowest BCUT2D eigenvalue weighted by atomic mass is 9.78. The van der Waals surface area contributed by atoms with Crippen LogP contribution >= 0.6 is 11.3 Å². The molecule has 0 aliphatic rings. The number of nitrogens with zero attached hydrogens (tertiary/aromatic N) is 2. The fourth-order valence-electron chi connectivity index (χ4n) is 2.21. The average molecular weight is 279 g/mol. The number of rotatable bonds is 5. The summed E-state index contributed by atoms with van der Waals surface area (Å²) in [5.74, 6) is 0.689. The van der Waals surface area contributed by atoms with Crippen LogP contribution in [0.4, 0.5) is 0 Å². The molecule has 0 amide bonds. The summed E-state index contributed by atoms with van der Waals surface area (Å²) in [4.78, 5) is 5.76. The highest BCUT2D eigenvalue weighted by molar-refractivity contribution is 7.15. The molecule has 2 rings (SSSR count). The predicted molar refractivity (Wildman–Crippen MR) is 82.9 cm³/mol. The van der Waals surface area contributed by atoms with Crippen LogP contribution in [0.2, 0.25) is 0 Å². The third-order valence-electron chi connectivity index (χ3n) is 4.12. The monoisotopic (exact) mass is 279 g/mol. The lowest BCUT2D eigenvalue weighted by molar-refractivity contribution is 0.224. The first-order valence-corrected chi connectivity index (χ1v) is 7.86. The molecule has 2 atom stereocenters. The Balaban J connectivity index is 2.01. The van der Waals surface area contributed by atoms with E-state index in [9.17, 15) is 0 Å². The molecule has 3 nitrogen and oxygen atoms in total.